The lowest BCUT2D eigenvalue weighted by Crippen LogP contribution is -2.37. The van der Waals surface area contributed by atoms with E-state index in [2.05, 4.69) is 19.2 Å². The molecule has 0 bridgehead atoms. The average Bonchev–Trinajstić information content (AvgIpc) is 2.26. The van der Waals surface area contributed by atoms with Gasteiger partial charge in [0.25, 0.3) is 0 Å². The fraction of sp³-hybridized carbons (Fsp3) is 0.889. The lowest BCUT2D eigenvalue weighted by atomic mass is 9.82. The Morgan fingerprint density at radius 3 is 2.92 bits per heavy atom. The maximum atomic E-state index is 11.1. The van der Waals surface area contributed by atoms with E-state index in [1.54, 1.807) is 7.11 Å². The standard InChI is InChI=1S/C9H17NO2/c1-4-7-9(2,6-12-3)5-8(11)10-7/h7H,4-6H2,1-3H3,(H,10,11). The van der Waals surface area contributed by atoms with E-state index in [0.29, 0.717) is 13.0 Å². The first kappa shape index (κ1) is 9.52. The summed E-state index contributed by atoms with van der Waals surface area (Å²) in [6, 6.07) is 0.282. The first-order valence-corrected chi connectivity index (χ1v) is 4.40. The third kappa shape index (κ3) is 1.61. The molecule has 1 amide bonds. The van der Waals surface area contributed by atoms with E-state index in [-0.39, 0.29) is 17.4 Å². The predicted molar refractivity (Wildman–Crippen MR) is 46.8 cm³/mol. The van der Waals surface area contributed by atoms with Crippen LogP contribution in [0.15, 0.2) is 0 Å². The van der Waals surface area contributed by atoms with E-state index in [4.69, 9.17) is 4.74 Å². The summed E-state index contributed by atoms with van der Waals surface area (Å²) in [4.78, 5) is 11.1. The summed E-state index contributed by atoms with van der Waals surface area (Å²) in [5, 5.41) is 2.96. The van der Waals surface area contributed by atoms with Crippen molar-refractivity contribution in [1.29, 1.82) is 0 Å². The average molecular weight is 171 g/mol. The van der Waals surface area contributed by atoms with Crippen molar-refractivity contribution in [3.8, 4) is 0 Å². The zero-order valence-electron chi connectivity index (χ0n) is 8.02. The van der Waals surface area contributed by atoms with Gasteiger partial charge in [-0.15, -0.1) is 0 Å². The molecule has 2 unspecified atom stereocenters. The summed E-state index contributed by atoms with van der Waals surface area (Å²) in [5.41, 5.74) is 0.000579. The van der Waals surface area contributed by atoms with Crippen molar-refractivity contribution in [2.75, 3.05) is 13.7 Å². The van der Waals surface area contributed by atoms with Gasteiger partial charge in [0, 0.05) is 25.0 Å². The predicted octanol–water partition coefficient (Wildman–Crippen LogP) is 0.938. The maximum absolute atomic E-state index is 11.1. The monoisotopic (exact) mass is 171 g/mol. The highest BCUT2D eigenvalue weighted by atomic mass is 16.5. The molecule has 1 aliphatic heterocycles. The first-order chi connectivity index (χ1) is 5.62. The highest BCUT2D eigenvalue weighted by Gasteiger charge is 2.41. The summed E-state index contributed by atoms with van der Waals surface area (Å²) in [6.07, 6.45) is 1.57. The van der Waals surface area contributed by atoms with Crippen LogP contribution in [0.2, 0.25) is 0 Å². The molecule has 1 heterocycles. The van der Waals surface area contributed by atoms with Crippen LogP contribution in [0.1, 0.15) is 26.7 Å². The Kier molecular flexibility index (Phi) is 2.73. The maximum Gasteiger partial charge on any atom is 0.220 e. The van der Waals surface area contributed by atoms with Gasteiger partial charge < -0.3 is 10.1 Å². The minimum absolute atomic E-state index is 0.000579. The smallest absolute Gasteiger partial charge is 0.220 e. The summed E-state index contributed by atoms with van der Waals surface area (Å²) in [5.74, 6) is 0.154. The van der Waals surface area contributed by atoms with E-state index in [9.17, 15) is 4.79 Å². The quantitative estimate of drug-likeness (QED) is 0.686. The van der Waals surface area contributed by atoms with Crippen LogP contribution < -0.4 is 5.32 Å². The number of nitrogens with one attached hydrogen (secondary N) is 1. The molecule has 0 radical (unpaired) electrons. The van der Waals surface area contributed by atoms with E-state index < -0.39 is 0 Å². The molecule has 0 aromatic heterocycles. The molecule has 1 rings (SSSR count). The van der Waals surface area contributed by atoms with Crippen molar-refractivity contribution >= 4 is 5.91 Å². The summed E-state index contributed by atoms with van der Waals surface area (Å²) in [7, 11) is 1.68. The lowest BCUT2D eigenvalue weighted by molar-refractivity contribution is -0.119. The van der Waals surface area contributed by atoms with Gasteiger partial charge >= 0.3 is 0 Å². The Hall–Kier alpha value is -0.570. The van der Waals surface area contributed by atoms with Crippen LogP contribution >= 0.6 is 0 Å². The van der Waals surface area contributed by atoms with Crippen LogP contribution in [0, 0.1) is 5.41 Å². The molecular formula is C9H17NO2. The lowest BCUT2D eigenvalue weighted by Gasteiger charge is -2.28. The topological polar surface area (TPSA) is 38.3 Å². The molecule has 3 heteroatoms. The molecular weight excluding hydrogens is 154 g/mol. The molecule has 70 valence electrons. The number of hydrogen-bond acceptors (Lipinski definition) is 2. The SMILES string of the molecule is CCC1NC(=O)CC1(C)COC. The van der Waals surface area contributed by atoms with Crippen molar-refractivity contribution < 1.29 is 9.53 Å². The number of amides is 1. The highest BCUT2D eigenvalue weighted by molar-refractivity contribution is 5.79. The molecule has 2 atom stereocenters. The number of carbonyl (C=O) groups is 1. The third-order valence-electron chi connectivity index (χ3n) is 2.62. The Balaban J connectivity index is 2.66. The van der Waals surface area contributed by atoms with Gasteiger partial charge in [0.1, 0.15) is 0 Å². The Bertz CT molecular complexity index is 181. The van der Waals surface area contributed by atoms with Gasteiger partial charge in [-0.25, -0.2) is 0 Å². The summed E-state index contributed by atoms with van der Waals surface area (Å²) < 4.78 is 5.12. The number of hydrogen-bond donors (Lipinski definition) is 1. The van der Waals surface area contributed by atoms with Gasteiger partial charge in [-0.05, 0) is 6.42 Å². The van der Waals surface area contributed by atoms with Gasteiger partial charge in [-0.2, -0.15) is 0 Å². The first-order valence-electron chi connectivity index (χ1n) is 4.40. The van der Waals surface area contributed by atoms with Gasteiger partial charge in [-0.3, -0.25) is 4.79 Å². The van der Waals surface area contributed by atoms with Crippen molar-refractivity contribution in [3.05, 3.63) is 0 Å². The summed E-state index contributed by atoms with van der Waals surface area (Å²) in [6.45, 7) is 4.84. The minimum Gasteiger partial charge on any atom is -0.384 e. The van der Waals surface area contributed by atoms with Gasteiger partial charge in [0.2, 0.25) is 5.91 Å². The normalized spacial score (nSPS) is 35.2. The third-order valence-corrected chi connectivity index (χ3v) is 2.62. The zero-order chi connectivity index (χ0) is 9.19. The number of methoxy groups -OCH3 is 1. The van der Waals surface area contributed by atoms with Crippen molar-refractivity contribution in [2.45, 2.75) is 32.7 Å². The molecule has 0 aromatic rings. The van der Waals surface area contributed by atoms with Crippen LogP contribution in [-0.2, 0) is 9.53 Å². The van der Waals surface area contributed by atoms with Gasteiger partial charge in [-0.1, -0.05) is 13.8 Å². The number of ether oxygens (including phenoxy) is 1. The molecule has 3 nitrogen and oxygen atoms in total. The highest BCUT2D eigenvalue weighted by Crippen LogP contribution is 2.33. The number of rotatable bonds is 3. The molecule has 1 saturated heterocycles. The van der Waals surface area contributed by atoms with Gasteiger partial charge in [0.05, 0.1) is 6.61 Å². The molecule has 0 spiro atoms. The van der Waals surface area contributed by atoms with E-state index in [1.807, 2.05) is 0 Å². The molecule has 1 N–H and O–H groups in total. The van der Waals surface area contributed by atoms with E-state index >= 15 is 0 Å². The van der Waals surface area contributed by atoms with Crippen LogP contribution in [0.5, 0.6) is 0 Å². The van der Waals surface area contributed by atoms with Crippen LogP contribution in [0.4, 0.5) is 0 Å². The second-order valence-electron chi connectivity index (χ2n) is 3.79. The molecule has 1 fully saturated rings. The fourth-order valence-corrected chi connectivity index (χ4v) is 1.99. The van der Waals surface area contributed by atoms with Crippen LogP contribution in [0.3, 0.4) is 0 Å². The van der Waals surface area contributed by atoms with E-state index in [1.165, 1.54) is 0 Å². The Morgan fingerprint density at radius 1 is 1.75 bits per heavy atom. The van der Waals surface area contributed by atoms with E-state index in [0.717, 1.165) is 6.42 Å². The molecule has 0 aliphatic carbocycles. The molecule has 12 heavy (non-hydrogen) atoms. The Labute approximate surface area is 73.5 Å². The number of carbonyl (C=O) groups excluding carboxylic acids is 1. The molecule has 1 aliphatic rings. The van der Waals surface area contributed by atoms with Crippen molar-refractivity contribution in [3.63, 3.8) is 0 Å². The zero-order valence-corrected chi connectivity index (χ0v) is 8.02. The largest absolute Gasteiger partial charge is 0.384 e. The second kappa shape index (κ2) is 3.44. The molecule has 0 saturated carbocycles. The minimum atomic E-state index is 0.000579. The van der Waals surface area contributed by atoms with Crippen LogP contribution in [-0.4, -0.2) is 25.7 Å². The Morgan fingerprint density at radius 2 is 2.42 bits per heavy atom. The fourth-order valence-electron chi connectivity index (χ4n) is 1.99. The van der Waals surface area contributed by atoms with Crippen molar-refractivity contribution in [1.82, 2.24) is 5.32 Å². The van der Waals surface area contributed by atoms with Crippen molar-refractivity contribution in [2.24, 2.45) is 5.41 Å². The summed E-state index contributed by atoms with van der Waals surface area (Å²) >= 11 is 0. The second-order valence-corrected chi connectivity index (χ2v) is 3.79. The van der Waals surface area contributed by atoms with Crippen LogP contribution in [0.25, 0.3) is 0 Å². The van der Waals surface area contributed by atoms with Gasteiger partial charge in [0.15, 0.2) is 0 Å². The molecule has 0 aromatic carbocycles.